The number of carbonyl (C=O) groups excluding carboxylic acids is 2. The number of alkyl carbamates (subject to hydrolysis) is 1. The molecule has 0 spiro atoms. The second-order valence-corrected chi connectivity index (χ2v) is 11.3. The highest BCUT2D eigenvalue weighted by atomic mass is 16.5. The number of ether oxygens (including phenoxy) is 1. The second-order valence-electron chi connectivity index (χ2n) is 11.3. The van der Waals surface area contributed by atoms with Crippen molar-refractivity contribution >= 4 is 18.0 Å². The van der Waals surface area contributed by atoms with Gasteiger partial charge in [0.2, 0.25) is 5.91 Å². The topological polar surface area (TPSA) is 119 Å². The molecule has 3 aromatic rings. The summed E-state index contributed by atoms with van der Waals surface area (Å²) >= 11 is 0. The number of benzene rings is 3. The third-order valence-corrected chi connectivity index (χ3v) is 8.15. The molecular formula is C33H37N3O6. The minimum Gasteiger partial charge on any atom is -0.481 e. The lowest BCUT2D eigenvalue weighted by molar-refractivity contribution is -0.138. The lowest BCUT2D eigenvalue weighted by Gasteiger charge is -2.31. The molecule has 9 heteroatoms. The highest BCUT2D eigenvalue weighted by Gasteiger charge is 2.39. The molecule has 0 radical (unpaired) electrons. The number of hydrogen-bond donors (Lipinski definition) is 3. The van der Waals surface area contributed by atoms with Gasteiger partial charge in [-0.25, -0.2) is 4.79 Å². The first-order valence-electron chi connectivity index (χ1n) is 14.3. The molecule has 1 aliphatic heterocycles. The Balaban J connectivity index is 1.19. The zero-order valence-electron chi connectivity index (χ0n) is 23.7. The van der Waals surface area contributed by atoms with Crippen LogP contribution in [0.4, 0.5) is 4.79 Å². The fourth-order valence-electron chi connectivity index (χ4n) is 6.14. The zero-order chi connectivity index (χ0) is 29.7. The van der Waals surface area contributed by atoms with Crippen LogP contribution in [-0.4, -0.2) is 82.9 Å². The van der Waals surface area contributed by atoms with Crippen molar-refractivity contribution in [3.8, 4) is 11.1 Å². The number of amides is 2. The molecule has 0 saturated carbocycles. The Labute approximate surface area is 245 Å². The number of likely N-dealkylation sites (N-methyl/N-ethyl adjacent to an activating group) is 1. The lowest BCUT2D eigenvalue weighted by atomic mass is 9.98. The third-order valence-electron chi connectivity index (χ3n) is 8.15. The van der Waals surface area contributed by atoms with Crippen LogP contribution in [0.15, 0.2) is 78.9 Å². The minimum absolute atomic E-state index is 0.0626. The van der Waals surface area contributed by atoms with E-state index in [4.69, 9.17) is 4.74 Å². The zero-order valence-corrected chi connectivity index (χ0v) is 23.7. The van der Waals surface area contributed by atoms with Gasteiger partial charge in [0.1, 0.15) is 12.6 Å². The van der Waals surface area contributed by atoms with Crippen LogP contribution in [0.2, 0.25) is 0 Å². The Morgan fingerprint density at radius 3 is 2.26 bits per heavy atom. The summed E-state index contributed by atoms with van der Waals surface area (Å²) in [4.78, 5) is 41.2. The number of aliphatic carboxylic acids is 1. The molecule has 2 atom stereocenters. The van der Waals surface area contributed by atoms with Gasteiger partial charge in [0, 0.05) is 39.0 Å². The van der Waals surface area contributed by atoms with Crippen LogP contribution in [-0.2, 0) is 20.9 Å². The summed E-state index contributed by atoms with van der Waals surface area (Å²) in [6, 6.07) is 24.9. The van der Waals surface area contributed by atoms with Crippen LogP contribution in [0, 0.1) is 0 Å². The Morgan fingerprint density at radius 2 is 1.62 bits per heavy atom. The van der Waals surface area contributed by atoms with Crippen LogP contribution >= 0.6 is 0 Å². The van der Waals surface area contributed by atoms with Crippen molar-refractivity contribution in [3.05, 3.63) is 95.6 Å². The predicted octanol–water partition coefficient (Wildman–Crippen LogP) is 3.85. The van der Waals surface area contributed by atoms with E-state index in [0.717, 1.165) is 27.8 Å². The summed E-state index contributed by atoms with van der Waals surface area (Å²) in [6.45, 7) is 1.93. The molecule has 5 rings (SSSR count). The molecule has 1 fully saturated rings. The largest absolute Gasteiger partial charge is 0.481 e. The SMILES string of the molecule is CN(CC1(O)CCN(Cc2ccccc2)C1)C(=O)C(CCC(=O)O)NC(=O)OCC1c2ccccc2-c2ccccc21. The molecule has 0 aromatic heterocycles. The molecule has 1 aliphatic carbocycles. The van der Waals surface area contributed by atoms with E-state index in [-0.39, 0.29) is 31.9 Å². The van der Waals surface area contributed by atoms with Gasteiger partial charge >= 0.3 is 12.1 Å². The smallest absolute Gasteiger partial charge is 0.407 e. The van der Waals surface area contributed by atoms with Gasteiger partial charge in [-0.3, -0.25) is 14.5 Å². The number of carboxylic acids is 1. The van der Waals surface area contributed by atoms with Crippen molar-refractivity contribution in [1.29, 1.82) is 0 Å². The number of carboxylic acid groups (broad SMARTS) is 1. The van der Waals surface area contributed by atoms with Gasteiger partial charge in [0.25, 0.3) is 0 Å². The first-order chi connectivity index (χ1) is 20.2. The number of β-amino-alcohol motifs (C(OH)–C–C–N with tert-alkyl or cyclic N) is 1. The van der Waals surface area contributed by atoms with E-state index in [0.29, 0.717) is 26.1 Å². The van der Waals surface area contributed by atoms with Gasteiger partial charge in [-0.2, -0.15) is 0 Å². The molecular weight excluding hydrogens is 534 g/mol. The molecule has 1 heterocycles. The molecule has 3 aromatic carbocycles. The average molecular weight is 572 g/mol. The van der Waals surface area contributed by atoms with E-state index in [2.05, 4.69) is 10.2 Å². The van der Waals surface area contributed by atoms with E-state index in [9.17, 15) is 24.6 Å². The number of nitrogens with zero attached hydrogens (tertiary/aromatic N) is 2. The average Bonchev–Trinajstić information content (AvgIpc) is 3.51. The quantitative estimate of drug-likeness (QED) is 0.320. The minimum atomic E-state index is -1.11. The van der Waals surface area contributed by atoms with Crippen molar-refractivity contribution in [2.45, 2.75) is 43.4 Å². The first-order valence-corrected chi connectivity index (χ1v) is 14.3. The molecule has 1 saturated heterocycles. The number of carbonyl (C=O) groups is 3. The Morgan fingerprint density at radius 1 is 1.00 bits per heavy atom. The summed E-state index contributed by atoms with van der Waals surface area (Å²) in [6.07, 6.45) is -0.691. The van der Waals surface area contributed by atoms with Crippen LogP contribution in [0.5, 0.6) is 0 Å². The van der Waals surface area contributed by atoms with Gasteiger partial charge < -0.3 is 25.2 Å². The fourth-order valence-corrected chi connectivity index (χ4v) is 6.14. The molecule has 220 valence electrons. The molecule has 42 heavy (non-hydrogen) atoms. The molecule has 9 nitrogen and oxygen atoms in total. The Bertz CT molecular complexity index is 1380. The number of likely N-dealkylation sites (tertiary alicyclic amines) is 1. The maximum atomic E-state index is 13.4. The lowest BCUT2D eigenvalue weighted by Crippen LogP contribution is -2.52. The van der Waals surface area contributed by atoms with Crippen LogP contribution in [0.1, 0.15) is 41.9 Å². The van der Waals surface area contributed by atoms with Gasteiger partial charge in [0.15, 0.2) is 0 Å². The number of fused-ring (bicyclic) bond motifs is 3. The Kier molecular flexibility index (Phi) is 8.89. The maximum Gasteiger partial charge on any atom is 0.407 e. The fraction of sp³-hybridized carbons (Fsp3) is 0.364. The van der Waals surface area contributed by atoms with Crippen molar-refractivity contribution in [1.82, 2.24) is 15.1 Å². The molecule has 0 bridgehead atoms. The number of nitrogens with one attached hydrogen (secondary N) is 1. The highest BCUT2D eigenvalue weighted by molar-refractivity contribution is 5.86. The van der Waals surface area contributed by atoms with Crippen LogP contribution < -0.4 is 5.32 Å². The monoisotopic (exact) mass is 571 g/mol. The van der Waals surface area contributed by atoms with Crippen LogP contribution in [0.25, 0.3) is 11.1 Å². The van der Waals surface area contributed by atoms with Crippen molar-refractivity contribution < 1.29 is 29.3 Å². The second kappa shape index (κ2) is 12.8. The standard InChI is InChI=1S/C33H37N3O6/c1-35(21-33(41)17-18-36(22-33)19-23-9-3-2-4-10-23)31(39)29(15-16-30(37)38)34-32(40)42-20-28-26-13-7-5-11-24(26)25-12-6-8-14-27(25)28/h2-14,28-29,41H,15-22H2,1H3,(H,34,40)(H,37,38). The normalized spacial score (nSPS) is 18.6. The van der Waals surface area contributed by atoms with E-state index in [1.807, 2.05) is 78.9 Å². The summed E-state index contributed by atoms with van der Waals surface area (Å²) in [7, 11) is 1.56. The number of hydrogen-bond acceptors (Lipinski definition) is 6. The number of aliphatic hydroxyl groups is 1. The maximum absolute atomic E-state index is 13.4. The van der Waals surface area contributed by atoms with E-state index in [1.54, 1.807) is 7.05 Å². The summed E-state index contributed by atoms with van der Waals surface area (Å²) in [5, 5.41) is 23.1. The predicted molar refractivity (Wildman–Crippen MR) is 158 cm³/mol. The number of rotatable bonds is 11. The molecule has 2 amide bonds. The summed E-state index contributed by atoms with van der Waals surface area (Å²) < 4.78 is 5.61. The molecule has 2 unspecified atom stereocenters. The third kappa shape index (κ3) is 6.80. The van der Waals surface area contributed by atoms with Gasteiger partial charge in [-0.1, -0.05) is 78.9 Å². The Hall–Kier alpha value is -4.21. The van der Waals surface area contributed by atoms with E-state index >= 15 is 0 Å². The molecule has 3 N–H and O–H groups in total. The summed E-state index contributed by atoms with van der Waals surface area (Å²) in [5.74, 6) is -1.69. The van der Waals surface area contributed by atoms with E-state index in [1.165, 1.54) is 4.90 Å². The van der Waals surface area contributed by atoms with Crippen LogP contribution in [0.3, 0.4) is 0 Å². The van der Waals surface area contributed by atoms with Crippen molar-refractivity contribution in [3.63, 3.8) is 0 Å². The van der Waals surface area contributed by atoms with Crippen molar-refractivity contribution in [2.24, 2.45) is 0 Å². The van der Waals surface area contributed by atoms with E-state index < -0.39 is 29.6 Å². The van der Waals surface area contributed by atoms with Gasteiger partial charge in [-0.05, 0) is 40.7 Å². The van der Waals surface area contributed by atoms with Crippen molar-refractivity contribution in [2.75, 3.05) is 33.3 Å². The summed E-state index contributed by atoms with van der Waals surface area (Å²) in [5.41, 5.74) is 4.37. The highest BCUT2D eigenvalue weighted by Crippen LogP contribution is 2.44. The first kappa shape index (κ1) is 29.3. The van der Waals surface area contributed by atoms with Gasteiger partial charge in [0.05, 0.1) is 12.1 Å². The molecule has 2 aliphatic rings. The van der Waals surface area contributed by atoms with Gasteiger partial charge in [-0.15, -0.1) is 0 Å².